The summed E-state index contributed by atoms with van der Waals surface area (Å²) in [5.41, 5.74) is 0.850. The third-order valence-electron chi connectivity index (χ3n) is 4.85. The Balaban J connectivity index is 1.82. The quantitative estimate of drug-likeness (QED) is 0.477. The summed E-state index contributed by atoms with van der Waals surface area (Å²) in [5, 5.41) is 10.0. The normalized spacial score (nSPS) is 16.6. The van der Waals surface area contributed by atoms with E-state index in [1.165, 1.54) is 9.70 Å². The third-order valence-corrected chi connectivity index (χ3v) is 6.05. The zero-order valence-corrected chi connectivity index (χ0v) is 18.8. The highest BCUT2D eigenvalue weighted by atomic mass is 35.5. The minimum absolute atomic E-state index is 0.148. The lowest BCUT2D eigenvalue weighted by Gasteiger charge is -2.21. The molecule has 3 heterocycles. The summed E-state index contributed by atoms with van der Waals surface area (Å²) in [6, 6.07) is 3.25. The first-order valence-electron chi connectivity index (χ1n) is 9.33. The topological polar surface area (TPSA) is 59.7 Å². The van der Waals surface area contributed by atoms with Crippen LogP contribution in [0.5, 0.6) is 0 Å². The van der Waals surface area contributed by atoms with Crippen LogP contribution in [0.15, 0.2) is 12.1 Å². The fourth-order valence-corrected chi connectivity index (χ4v) is 3.90. The van der Waals surface area contributed by atoms with Crippen molar-refractivity contribution in [1.82, 2.24) is 25.0 Å². The lowest BCUT2D eigenvalue weighted by atomic mass is 9.96. The Morgan fingerprint density at radius 2 is 1.77 bits per heavy atom. The number of hydrogen-bond donors (Lipinski definition) is 0. The molecule has 30 heavy (non-hydrogen) atoms. The number of hydrogen-bond acceptors (Lipinski definition) is 5. The van der Waals surface area contributed by atoms with Crippen molar-refractivity contribution in [1.29, 1.82) is 0 Å². The summed E-state index contributed by atoms with van der Waals surface area (Å²) >= 11 is 18.7. The Morgan fingerprint density at radius 3 is 2.40 bits per heavy atom. The molecule has 6 nitrogen and oxygen atoms in total. The fourth-order valence-electron chi connectivity index (χ4n) is 3.24. The van der Waals surface area contributed by atoms with Crippen molar-refractivity contribution >= 4 is 51.8 Å². The molecular weight excluding hydrogens is 457 g/mol. The van der Waals surface area contributed by atoms with Gasteiger partial charge >= 0.3 is 0 Å². The molecule has 0 bridgehead atoms. The summed E-state index contributed by atoms with van der Waals surface area (Å²) in [5.74, 6) is -1.90. The Morgan fingerprint density at radius 1 is 1.07 bits per heavy atom. The van der Waals surface area contributed by atoms with Gasteiger partial charge in [-0.05, 0) is 12.1 Å². The maximum atomic E-state index is 13.9. The van der Waals surface area contributed by atoms with Crippen molar-refractivity contribution in [3.8, 4) is 0 Å². The molecular formula is C19H19Cl3F2N6. The molecule has 160 valence electrons. The zero-order valence-electron chi connectivity index (χ0n) is 16.6. The largest absolute Gasteiger partial charge is 0.348 e. The van der Waals surface area contributed by atoms with Crippen LogP contribution in [0.2, 0.25) is 15.1 Å². The minimum atomic E-state index is -2.77. The highest BCUT2D eigenvalue weighted by Gasteiger charge is 2.40. The number of halogens is 5. The third kappa shape index (κ3) is 4.05. The van der Waals surface area contributed by atoms with E-state index in [9.17, 15) is 8.78 Å². The van der Waals surface area contributed by atoms with E-state index in [1.807, 2.05) is 20.8 Å². The van der Waals surface area contributed by atoms with Crippen LogP contribution >= 0.6 is 34.8 Å². The van der Waals surface area contributed by atoms with Gasteiger partial charge in [0, 0.05) is 29.0 Å². The molecule has 1 fully saturated rings. The number of fused-ring (bicyclic) bond motifs is 1. The first kappa shape index (κ1) is 21.5. The second-order valence-electron chi connectivity index (χ2n) is 8.37. The molecule has 0 radical (unpaired) electrons. The molecule has 0 unspecified atom stereocenters. The van der Waals surface area contributed by atoms with Crippen molar-refractivity contribution in [2.24, 2.45) is 0 Å². The minimum Gasteiger partial charge on any atom is -0.348 e. The summed E-state index contributed by atoms with van der Waals surface area (Å²) in [6.07, 6.45) is -0.231. The van der Waals surface area contributed by atoms with Gasteiger partial charge in [-0.15, -0.1) is 10.2 Å². The van der Waals surface area contributed by atoms with Crippen LogP contribution in [0.1, 0.15) is 38.6 Å². The lowest BCUT2D eigenvalue weighted by Crippen LogP contribution is -2.27. The molecule has 0 N–H and O–H groups in total. The molecule has 2 aromatic heterocycles. The molecule has 0 saturated carbocycles. The van der Waals surface area contributed by atoms with Crippen molar-refractivity contribution in [3.05, 3.63) is 38.6 Å². The van der Waals surface area contributed by atoms with E-state index in [4.69, 9.17) is 34.8 Å². The highest BCUT2D eigenvalue weighted by Crippen LogP contribution is 2.35. The molecule has 1 aromatic carbocycles. The second kappa shape index (κ2) is 7.43. The van der Waals surface area contributed by atoms with E-state index >= 15 is 0 Å². The molecule has 1 saturated heterocycles. The van der Waals surface area contributed by atoms with Crippen LogP contribution in [-0.4, -0.2) is 44.0 Å². The van der Waals surface area contributed by atoms with E-state index in [2.05, 4.69) is 20.2 Å². The van der Waals surface area contributed by atoms with E-state index in [0.717, 1.165) is 0 Å². The Hall–Kier alpha value is -1.77. The average Bonchev–Trinajstić information content (AvgIpc) is 3.22. The Kier molecular flexibility index (Phi) is 5.31. The molecule has 1 aliphatic rings. The maximum Gasteiger partial charge on any atom is 0.266 e. The summed E-state index contributed by atoms with van der Waals surface area (Å²) in [4.78, 5) is 12.0. The highest BCUT2D eigenvalue weighted by molar-refractivity contribution is 6.44. The summed E-state index contributed by atoms with van der Waals surface area (Å²) < 4.78 is 27.7. The molecule has 11 heteroatoms. The molecule has 4 rings (SSSR count). The summed E-state index contributed by atoms with van der Waals surface area (Å²) in [6.45, 7) is 5.77. The van der Waals surface area contributed by atoms with Gasteiger partial charge < -0.3 is 4.90 Å². The second-order valence-corrected chi connectivity index (χ2v) is 9.57. The Labute approximate surface area is 187 Å². The van der Waals surface area contributed by atoms with Gasteiger partial charge in [0.05, 0.1) is 23.1 Å². The first-order valence-corrected chi connectivity index (χ1v) is 10.5. The van der Waals surface area contributed by atoms with Gasteiger partial charge in [0.1, 0.15) is 5.82 Å². The predicted octanol–water partition coefficient (Wildman–Crippen LogP) is 5.37. The van der Waals surface area contributed by atoms with Gasteiger partial charge in [0.15, 0.2) is 11.3 Å². The van der Waals surface area contributed by atoms with E-state index < -0.39 is 17.9 Å². The van der Waals surface area contributed by atoms with Gasteiger partial charge in [0.25, 0.3) is 5.92 Å². The number of nitrogens with zero attached hydrogens (tertiary/aromatic N) is 6. The molecule has 3 aromatic rings. The number of anilines is 1. The standard InChI is InChI=1S/C19H19Cl3F2N6/c1-18(2,3)17-25-15-14(16(26-17)29-7-6-19(23,24)9-29)27-30(28-15)8-10-11(20)4-5-12(21)13(10)22/h4-5H,6-9H2,1-3H3. The van der Waals surface area contributed by atoms with Gasteiger partial charge in [-0.3, -0.25) is 0 Å². The number of aromatic nitrogens is 5. The fraction of sp³-hybridized carbons (Fsp3) is 0.474. The first-order chi connectivity index (χ1) is 13.9. The predicted molar refractivity (Wildman–Crippen MR) is 114 cm³/mol. The number of benzene rings is 1. The maximum absolute atomic E-state index is 13.9. The molecule has 0 spiro atoms. The van der Waals surface area contributed by atoms with Gasteiger partial charge in [-0.2, -0.15) is 4.80 Å². The summed E-state index contributed by atoms with van der Waals surface area (Å²) in [7, 11) is 0. The van der Waals surface area contributed by atoms with Gasteiger partial charge in [0.2, 0.25) is 5.65 Å². The molecule has 0 amide bonds. The van der Waals surface area contributed by atoms with Crippen molar-refractivity contribution < 1.29 is 8.78 Å². The van der Waals surface area contributed by atoms with E-state index in [0.29, 0.717) is 43.4 Å². The van der Waals surface area contributed by atoms with E-state index in [1.54, 1.807) is 12.1 Å². The van der Waals surface area contributed by atoms with Crippen LogP contribution in [0, 0.1) is 0 Å². The van der Waals surface area contributed by atoms with Crippen molar-refractivity contribution in [2.75, 3.05) is 18.0 Å². The lowest BCUT2D eigenvalue weighted by molar-refractivity contribution is 0.0257. The van der Waals surface area contributed by atoms with Crippen LogP contribution in [0.3, 0.4) is 0 Å². The van der Waals surface area contributed by atoms with Crippen LogP contribution in [0.4, 0.5) is 14.6 Å². The molecule has 0 aliphatic carbocycles. The molecule has 1 aliphatic heterocycles. The SMILES string of the molecule is CC(C)(C)c1nc(N2CCC(F)(F)C2)c2nn(Cc3c(Cl)ccc(Cl)c3Cl)nc2n1. The zero-order chi connectivity index (χ0) is 21.8. The van der Waals surface area contributed by atoms with Crippen LogP contribution in [0.25, 0.3) is 11.2 Å². The van der Waals surface area contributed by atoms with Crippen molar-refractivity contribution in [2.45, 2.75) is 45.1 Å². The van der Waals surface area contributed by atoms with Gasteiger partial charge in [-0.1, -0.05) is 55.6 Å². The smallest absolute Gasteiger partial charge is 0.266 e. The monoisotopic (exact) mass is 474 g/mol. The number of rotatable bonds is 3. The van der Waals surface area contributed by atoms with Crippen molar-refractivity contribution in [3.63, 3.8) is 0 Å². The van der Waals surface area contributed by atoms with Gasteiger partial charge in [-0.25, -0.2) is 18.7 Å². The molecule has 0 atom stereocenters. The van der Waals surface area contributed by atoms with Crippen LogP contribution < -0.4 is 4.90 Å². The van der Waals surface area contributed by atoms with E-state index in [-0.39, 0.29) is 19.5 Å². The Bertz CT molecular complexity index is 1130. The number of alkyl halides is 2. The average molecular weight is 476 g/mol. The van der Waals surface area contributed by atoms with Crippen LogP contribution in [-0.2, 0) is 12.0 Å².